The normalized spacial score (nSPS) is 32.4. The molecular formula is C19H33N3O3. The van der Waals surface area contributed by atoms with E-state index in [4.69, 9.17) is 9.47 Å². The van der Waals surface area contributed by atoms with Crippen LogP contribution in [0, 0.1) is 5.41 Å². The molecule has 4 rings (SSSR count). The van der Waals surface area contributed by atoms with Gasteiger partial charge in [0.15, 0.2) is 0 Å². The van der Waals surface area contributed by atoms with Gasteiger partial charge in [-0.3, -0.25) is 9.69 Å². The number of nitrogens with zero attached hydrogens (tertiary/aromatic N) is 3. The third-order valence-electron chi connectivity index (χ3n) is 6.92. The van der Waals surface area contributed by atoms with E-state index in [0.717, 1.165) is 45.3 Å². The average Bonchev–Trinajstić information content (AvgIpc) is 2.99. The number of hydrogen-bond acceptors (Lipinski definition) is 5. The van der Waals surface area contributed by atoms with E-state index in [1.54, 1.807) is 0 Å². The number of rotatable bonds is 2. The molecule has 25 heavy (non-hydrogen) atoms. The van der Waals surface area contributed by atoms with Crippen molar-refractivity contribution < 1.29 is 14.3 Å². The van der Waals surface area contributed by atoms with Gasteiger partial charge in [0, 0.05) is 38.9 Å². The van der Waals surface area contributed by atoms with Crippen molar-refractivity contribution in [3.63, 3.8) is 0 Å². The maximum Gasteiger partial charge on any atom is 0.240 e. The number of amides is 1. The van der Waals surface area contributed by atoms with E-state index in [9.17, 15) is 4.79 Å². The molecule has 1 amide bonds. The number of morpholine rings is 1. The van der Waals surface area contributed by atoms with Crippen LogP contribution in [0.1, 0.15) is 32.1 Å². The molecule has 0 saturated carbocycles. The van der Waals surface area contributed by atoms with E-state index in [1.807, 2.05) is 4.90 Å². The third kappa shape index (κ3) is 3.72. The first-order chi connectivity index (χ1) is 12.2. The van der Waals surface area contributed by atoms with Gasteiger partial charge >= 0.3 is 0 Å². The minimum Gasteiger partial charge on any atom is -0.381 e. The summed E-state index contributed by atoms with van der Waals surface area (Å²) in [4.78, 5) is 20.0. The van der Waals surface area contributed by atoms with Crippen LogP contribution < -0.4 is 0 Å². The lowest BCUT2D eigenvalue weighted by Crippen LogP contribution is -2.49. The zero-order valence-corrected chi connectivity index (χ0v) is 15.6. The maximum absolute atomic E-state index is 13.0. The second-order valence-corrected chi connectivity index (χ2v) is 8.45. The molecule has 0 aliphatic carbocycles. The maximum atomic E-state index is 13.0. The fraction of sp³-hybridized carbons (Fsp3) is 0.947. The van der Waals surface area contributed by atoms with Gasteiger partial charge < -0.3 is 19.3 Å². The highest BCUT2D eigenvalue weighted by molar-refractivity contribution is 5.82. The van der Waals surface area contributed by atoms with Crippen LogP contribution in [0.4, 0.5) is 0 Å². The van der Waals surface area contributed by atoms with Crippen LogP contribution in [0.15, 0.2) is 0 Å². The molecule has 4 heterocycles. The first kappa shape index (κ1) is 17.7. The van der Waals surface area contributed by atoms with Crippen LogP contribution in [-0.4, -0.2) is 98.9 Å². The van der Waals surface area contributed by atoms with E-state index in [0.29, 0.717) is 24.5 Å². The van der Waals surface area contributed by atoms with Crippen molar-refractivity contribution in [1.29, 1.82) is 0 Å². The van der Waals surface area contributed by atoms with Crippen molar-refractivity contribution in [3.05, 3.63) is 0 Å². The predicted octanol–water partition coefficient (Wildman–Crippen LogP) is 0.811. The Morgan fingerprint density at radius 3 is 2.28 bits per heavy atom. The van der Waals surface area contributed by atoms with Gasteiger partial charge in [-0.2, -0.15) is 0 Å². The average molecular weight is 351 g/mol. The second kappa shape index (κ2) is 7.51. The molecular weight excluding hydrogens is 318 g/mol. The van der Waals surface area contributed by atoms with E-state index < -0.39 is 0 Å². The van der Waals surface area contributed by atoms with Crippen molar-refractivity contribution >= 4 is 5.91 Å². The molecule has 0 aromatic rings. The van der Waals surface area contributed by atoms with Crippen LogP contribution in [-0.2, 0) is 14.3 Å². The number of hydrogen-bond donors (Lipinski definition) is 0. The van der Waals surface area contributed by atoms with Gasteiger partial charge in [0.25, 0.3) is 0 Å². The Hall–Kier alpha value is -0.690. The number of likely N-dealkylation sites (N-methyl/N-ethyl adjacent to an activating group) is 1. The molecule has 0 N–H and O–H groups in total. The molecule has 4 saturated heterocycles. The molecule has 142 valence electrons. The van der Waals surface area contributed by atoms with Crippen molar-refractivity contribution in [3.8, 4) is 0 Å². The first-order valence-electron chi connectivity index (χ1n) is 10.1. The highest BCUT2D eigenvalue weighted by Crippen LogP contribution is 2.44. The Bertz CT molecular complexity index is 467. The third-order valence-corrected chi connectivity index (χ3v) is 6.92. The van der Waals surface area contributed by atoms with Crippen molar-refractivity contribution in [1.82, 2.24) is 14.7 Å². The summed E-state index contributed by atoms with van der Waals surface area (Å²) < 4.78 is 10.9. The molecule has 0 aromatic carbocycles. The van der Waals surface area contributed by atoms with Gasteiger partial charge in [-0.05, 0) is 57.7 Å². The summed E-state index contributed by atoms with van der Waals surface area (Å²) in [6, 6.07) is 0.795. The van der Waals surface area contributed by atoms with Crippen LogP contribution in [0.3, 0.4) is 0 Å². The lowest BCUT2D eigenvalue weighted by Gasteiger charge is -2.43. The lowest BCUT2D eigenvalue weighted by molar-refractivity contribution is -0.139. The topological polar surface area (TPSA) is 45.2 Å². The summed E-state index contributed by atoms with van der Waals surface area (Å²) in [5.41, 5.74) is 0.350. The van der Waals surface area contributed by atoms with E-state index >= 15 is 0 Å². The summed E-state index contributed by atoms with van der Waals surface area (Å²) in [6.45, 7) is 8.20. The Labute approximate surface area is 151 Å². The molecule has 0 aromatic heterocycles. The standard InChI is InChI=1S/C19H33N3O3/c1-20-15-19(14-17(20)18(23)22-8-12-25-13-9-22)4-6-21(7-5-19)16-2-10-24-11-3-16/h16-17H,2-15H2,1H3. The molecule has 6 nitrogen and oxygen atoms in total. The molecule has 1 atom stereocenters. The predicted molar refractivity (Wildman–Crippen MR) is 95.5 cm³/mol. The number of carbonyl (C=O) groups excluding carboxylic acids is 1. The largest absolute Gasteiger partial charge is 0.381 e. The summed E-state index contributed by atoms with van der Waals surface area (Å²) in [6.07, 6.45) is 5.89. The zero-order valence-electron chi connectivity index (χ0n) is 15.6. The van der Waals surface area contributed by atoms with Crippen LogP contribution in [0.25, 0.3) is 0 Å². The first-order valence-corrected chi connectivity index (χ1v) is 10.1. The van der Waals surface area contributed by atoms with Gasteiger partial charge in [-0.15, -0.1) is 0 Å². The fourth-order valence-corrected chi connectivity index (χ4v) is 5.32. The second-order valence-electron chi connectivity index (χ2n) is 8.45. The SMILES string of the molecule is CN1CC2(CCN(C3CCOCC3)CC2)CC1C(=O)N1CCOCC1. The summed E-state index contributed by atoms with van der Waals surface area (Å²) in [7, 11) is 2.14. The highest BCUT2D eigenvalue weighted by atomic mass is 16.5. The van der Waals surface area contributed by atoms with Gasteiger partial charge in [0.2, 0.25) is 5.91 Å². The summed E-state index contributed by atoms with van der Waals surface area (Å²) in [5, 5.41) is 0. The summed E-state index contributed by atoms with van der Waals surface area (Å²) >= 11 is 0. The highest BCUT2D eigenvalue weighted by Gasteiger charge is 2.48. The van der Waals surface area contributed by atoms with E-state index in [-0.39, 0.29) is 6.04 Å². The molecule has 1 spiro atoms. The number of carbonyl (C=O) groups is 1. The van der Waals surface area contributed by atoms with E-state index in [1.165, 1.54) is 38.8 Å². The Kier molecular flexibility index (Phi) is 5.32. The van der Waals surface area contributed by atoms with Crippen molar-refractivity contribution in [2.24, 2.45) is 5.41 Å². The Balaban J connectivity index is 1.33. The minimum absolute atomic E-state index is 0.0766. The zero-order chi connectivity index (χ0) is 17.3. The number of piperidine rings is 1. The molecule has 1 unspecified atom stereocenters. The smallest absolute Gasteiger partial charge is 0.240 e. The van der Waals surface area contributed by atoms with Gasteiger partial charge in [-0.1, -0.05) is 0 Å². The molecule has 4 aliphatic heterocycles. The molecule has 6 heteroatoms. The Morgan fingerprint density at radius 1 is 0.960 bits per heavy atom. The van der Waals surface area contributed by atoms with Gasteiger partial charge in [0.05, 0.1) is 19.3 Å². The quantitative estimate of drug-likeness (QED) is 0.737. The Morgan fingerprint density at radius 2 is 1.60 bits per heavy atom. The molecule has 4 aliphatic rings. The summed E-state index contributed by atoms with van der Waals surface area (Å²) in [5.74, 6) is 0.328. The van der Waals surface area contributed by atoms with Crippen LogP contribution in [0.2, 0.25) is 0 Å². The molecule has 0 radical (unpaired) electrons. The van der Waals surface area contributed by atoms with Crippen LogP contribution in [0.5, 0.6) is 0 Å². The minimum atomic E-state index is 0.0766. The van der Waals surface area contributed by atoms with Gasteiger partial charge in [-0.25, -0.2) is 0 Å². The van der Waals surface area contributed by atoms with Crippen molar-refractivity contribution in [2.75, 3.05) is 66.2 Å². The molecule has 4 fully saturated rings. The van der Waals surface area contributed by atoms with Crippen molar-refractivity contribution in [2.45, 2.75) is 44.2 Å². The van der Waals surface area contributed by atoms with Gasteiger partial charge in [0.1, 0.15) is 0 Å². The molecule has 0 bridgehead atoms. The fourth-order valence-electron chi connectivity index (χ4n) is 5.32. The number of likely N-dealkylation sites (tertiary alicyclic amines) is 2. The van der Waals surface area contributed by atoms with Crippen LogP contribution >= 0.6 is 0 Å². The van der Waals surface area contributed by atoms with E-state index in [2.05, 4.69) is 16.8 Å². The number of ether oxygens (including phenoxy) is 2. The lowest BCUT2D eigenvalue weighted by atomic mass is 9.76. The monoisotopic (exact) mass is 351 g/mol.